The molecule has 34 heavy (non-hydrogen) atoms. The molecular weight excluding hydrogens is 422 g/mol. The van der Waals surface area contributed by atoms with Gasteiger partial charge in [0, 0.05) is 25.9 Å². The van der Waals surface area contributed by atoms with Gasteiger partial charge in [-0.3, -0.25) is 4.68 Å². The van der Waals surface area contributed by atoms with Gasteiger partial charge in [0.05, 0.1) is 12.6 Å². The van der Waals surface area contributed by atoms with Crippen molar-refractivity contribution in [2.45, 2.75) is 30.6 Å². The first-order chi connectivity index (χ1) is 16.6. The molecule has 1 aliphatic heterocycles. The fourth-order valence-electron chi connectivity index (χ4n) is 5.32. The largest absolute Gasteiger partial charge is 0.386 e. The van der Waals surface area contributed by atoms with E-state index in [2.05, 4.69) is 88.6 Å². The van der Waals surface area contributed by atoms with Gasteiger partial charge in [0.15, 0.2) is 5.82 Å². The number of aliphatic hydroxyl groups is 1. The van der Waals surface area contributed by atoms with Crippen molar-refractivity contribution in [3.63, 3.8) is 0 Å². The van der Waals surface area contributed by atoms with Crippen molar-refractivity contribution < 1.29 is 9.84 Å². The van der Waals surface area contributed by atoms with Gasteiger partial charge in [-0.1, -0.05) is 91.0 Å². The molecule has 0 radical (unpaired) electrons. The maximum absolute atomic E-state index is 11.0. The summed E-state index contributed by atoms with van der Waals surface area (Å²) in [6.45, 7) is 3.09. The van der Waals surface area contributed by atoms with Crippen molar-refractivity contribution in [2.75, 3.05) is 25.1 Å². The topological polar surface area (TPSA) is 50.5 Å². The molecule has 1 saturated heterocycles. The first kappa shape index (κ1) is 22.4. The van der Waals surface area contributed by atoms with Gasteiger partial charge in [0.25, 0.3) is 0 Å². The third-order valence-electron chi connectivity index (χ3n) is 6.97. The molecule has 5 heteroatoms. The first-order valence-electron chi connectivity index (χ1n) is 11.8. The molecule has 0 aliphatic carbocycles. The molecule has 1 aromatic heterocycles. The molecule has 4 aromatic rings. The maximum Gasteiger partial charge on any atom is 0.150 e. The van der Waals surface area contributed by atoms with E-state index in [0.29, 0.717) is 6.54 Å². The van der Waals surface area contributed by atoms with Crippen molar-refractivity contribution in [3.8, 4) is 0 Å². The Labute approximate surface area is 201 Å². The van der Waals surface area contributed by atoms with Crippen LogP contribution in [0, 0.1) is 0 Å². The number of hydrogen-bond acceptors (Lipinski definition) is 4. The second kappa shape index (κ2) is 9.09. The van der Waals surface area contributed by atoms with E-state index in [-0.39, 0.29) is 6.10 Å². The van der Waals surface area contributed by atoms with Crippen LogP contribution in [0.25, 0.3) is 0 Å². The highest BCUT2D eigenvalue weighted by Crippen LogP contribution is 2.41. The summed E-state index contributed by atoms with van der Waals surface area (Å²) in [6.07, 6.45) is 2.62. The molecule has 174 valence electrons. The number of benzene rings is 3. The highest BCUT2D eigenvalue weighted by molar-refractivity contribution is 5.51. The predicted molar refractivity (Wildman–Crippen MR) is 135 cm³/mol. The van der Waals surface area contributed by atoms with E-state index < -0.39 is 11.1 Å². The molecule has 0 bridgehead atoms. The van der Waals surface area contributed by atoms with Crippen LogP contribution in [0.2, 0.25) is 0 Å². The smallest absolute Gasteiger partial charge is 0.150 e. The number of methoxy groups -OCH3 is 1. The van der Waals surface area contributed by atoms with Crippen molar-refractivity contribution in [2.24, 2.45) is 0 Å². The standard InChI is InChI=1S/C29H31N3O2/c1-28(33)22-31(20-18-26(28)34-2)27-19-21-32(30-27)29(23-12-6-3-7-13-23,24-14-8-4-9-15-24)25-16-10-5-11-17-25/h3-17,19,21,26,33H,18,20,22H2,1-2H3. The van der Waals surface area contributed by atoms with Crippen LogP contribution in [-0.4, -0.2) is 46.8 Å². The number of piperidine rings is 1. The molecule has 0 amide bonds. The van der Waals surface area contributed by atoms with Crippen LogP contribution in [0.1, 0.15) is 30.0 Å². The Morgan fingerprint density at radius 2 is 1.35 bits per heavy atom. The Balaban J connectivity index is 1.67. The van der Waals surface area contributed by atoms with Crippen LogP contribution in [0.3, 0.4) is 0 Å². The molecule has 2 atom stereocenters. The Morgan fingerprint density at radius 3 is 1.79 bits per heavy atom. The summed E-state index contributed by atoms with van der Waals surface area (Å²) in [7, 11) is 1.66. The molecule has 0 spiro atoms. The molecule has 1 N–H and O–H groups in total. The second-order valence-electron chi connectivity index (χ2n) is 9.22. The van der Waals surface area contributed by atoms with Gasteiger partial charge in [-0.15, -0.1) is 0 Å². The summed E-state index contributed by atoms with van der Waals surface area (Å²) >= 11 is 0. The van der Waals surface area contributed by atoms with Gasteiger partial charge < -0.3 is 14.7 Å². The van der Waals surface area contributed by atoms with Crippen molar-refractivity contribution >= 4 is 5.82 Å². The van der Waals surface area contributed by atoms with Gasteiger partial charge in [0.1, 0.15) is 11.1 Å². The third kappa shape index (κ3) is 3.81. The minimum Gasteiger partial charge on any atom is -0.386 e. The van der Waals surface area contributed by atoms with Gasteiger partial charge in [0.2, 0.25) is 0 Å². The van der Waals surface area contributed by atoms with E-state index in [4.69, 9.17) is 9.84 Å². The fourth-order valence-corrected chi connectivity index (χ4v) is 5.32. The Morgan fingerprint density at radius 1 is 0.853 bits per heavy atom. The minimum absolute atomic E-state index is 0.178. The fraction of sp³-hybridized carbons (Fsp3) is 0.276. The minimum atomic E-state index is -0.938. The molecule has 2 unspecified atom stereocenters. The summed E-state index contributed by atoms with van der Waals surface area (Å²) in [6, 6.07) is 33.6. The quantitative estimate of drug-likeness (QED) is 0.430. The summed E-state index contributed by atoms with van der Waals surface area (Å²) in [5.74, 6) is 0.849. The summed E-state index contributed by atoms with van der Waals surface area (Å²) in [4.78, 5) is 2.15. The highest BCUT2D eigenvalue weighted by atomic mass is 16.5. The number of aromatic nitrogens is 2. The van der Waals surface area contributed by atoms with Crippen LogP contribution in [-0.2, 0) is 10.3 Å². The van der Waals surface area contributed by atoms with Crippen molar-refractivity contribution in [1.82, 2.24) is 9.78 Å². The van der Waals surface area contributed by atoms with E-state index in [1.807, 2.05) is 31.2 Å². The average molecular weight is 454 g/mol. The number of nitrogens with zero attached hydrogens (tertiary/aromatic N) is 3. The van der Waals surface area contributed by atoms with Crippen LogP contribution in [0.4, 0.5) is 5.82 Å². The van der Waals surface area contributed by atoms with Crippen molar-refractivity contribution in [1.29, 1.82) is 0 Å². The maximum atomic E-state index is 11.0. The van der Waals surface area contributed by atoms with Gasteiger partial charge in [-0.05, 0) is 30.0 Å². The summed E-state index contributed by atoms with van der Waals surface area (Å²) < 4.78 is 7.59. The predicted octanol–water partition coefficient (Wildman–Crippen LogP) is 4.70. The molecule has 2 heterocycles. The lowest BCUT2D eigenvalue weighted by Crippen LogP contribution is -2.56. The van der Waals surface area contributed by atoms with E-state index in [0.717, 1.165) is 35.5 Å². The van der Waals surface area contributed by atoms with E-state index in [1.165, 1.54) is 0 Å². The van der Waals surface area contributed by atoms with Crippen molar-refractivity contribution in [3.05, 3.63) is 120 Å². The Hall–Kier alpha value is -3.41. The zero-order chi connectivity index (χ0) is 23.6. The highest BCUT2D eigenvalue weighted by Gasteiger charge is 2.41. The first-order valence-corrected chi connectivity index (χ1v) is 11.8. The van der Waals surface area contributed by atoms with Crippen LogP contribution in [0.15, 0.2) is 103 Å². The van der Waals surface area contributed by atoms with Gasteiger partial charge in [-0.2, -0.15) is 5.10 Å². The zero-order valence-corrected chi connectivity index (χ0v) is 19.7. The lowest BCUT2D eigenvalue weighted by molar-refractivity contribution is -0.0891. The molecule has 3 aromatic carbocycles. The zero-order valence-electron chi connectivity index (χ0n) is 19.7. The van der Waals surface area contributed by atoms with E-state index in [9.17, 15) is 5.11 Å². The van der Waals surface area contributed by atoms with Crippen LogP contribution >= 0.6 is 0 Å². The molecule has 5 nitrogen and oxygen atoms in total. The SMILES string of the molecule is COC1CCN(c2ccn(C(c3ccccc3)(c3ccccc3)c3ccccc3)n2)CC1(C)O. The van der Waals surface area contributed by atoms with Gasteiger partial charge >= 0.3 is 0 Å². The lowest BCUT2D eigenvalue weighted by Gasteiger charge is -2.42. The van der Waals surface area contributed by atoms with Gasteiger partial charge in [-0.25, -0.2) is 0 Å². The van der Waals surface area contributed by atoms with Crippen LogP contribution < -0.4 is 4.90 Å². The number of β-amino-alcohol motifs (C(OH)–C–C–N with tert-alkyl or cyclic N) is 1. The number of anilines is 1. The second-order valence-corrected chi connectivity index (χ2v) is 9.22. The van der Waals surface area contributed by atoms with Crippen LogP contribution in [0.5, 0.6) is 0 Å². The molecule has 1 fully saturated rings. The molecular formula is C29H31N3O2. The molecule has 1 aliphatic rings. The normalized spacial score (nSPS) is 20.9. The number of hydrogen-bond donors (Lipinski definition) is 1. The number of rotatable bonds is 6. The summed E-state index contributed by atoms with van der Waals surface area (Å²) in [5, 5.41) is 16.1. The molecule has 5 rings (SSSR count). The summed E-state index contributed by atoms with van der Waals surface area (Å²) in [5.41, 5.74) is 1.81. The average Bonchev–Trinajstić information content (AvgIpc) is 3.36. The lowest BCUT2D eigenvalue weighted by atomic mass is 9.77. The molecule has 0 saturated carbocycles. The Kier molecular flexibility index (Phi) is 5.98. The number of ether oxygens (including phenoxy) is 1. The third-order valence-corrected chi connectivity index (χ3v) is 6.97. The van der Waals surface area contributed by atoms with E-state index in [1.54, 1.807) is 7.11 Å². The van der Waals surface area contributed by atoms with E-state index >= 15 is 0 Å². The monoisotopic (exact) mass is 453 g/mol. The Bertz CT molecular complexity index is 1110.